The van der Waals surface area contributed by atoms with Crippen LogP contribution in [0.15, 0.2) is 24.4 Å². The Morgan fingerprint density at radius 1 is 1.21 bits per heavy atom. The zero-order chi connectivity index (χ0) is 17.4. The van der Waals surface area contributed by atoms with Gasteiger partial charge in [0.05, 0.1) is 12.2 Å². The molecule has 5 atom stereocenters. The number of hydrogen-bond donors (Lipinski definition) is 6. The van der Waals surface area contributed by atoms with E-state index in [2.05, 4.69) is 4.98 Å². The van der Waals surface area contributed by atoms with Crippen molar-refractivity contribution in [2.75, 3.05) is 6.61 Å². The molecule has 1 fully saturated rings. The molecule has 0 unspecified atom stereocenters. The van der Waals surface area contributed by atoms with Gasteiger partial charge in [-0.15, -0.1) is 0 Å². The van der Waals surface area contributed by atoms with Gasteiger partial charge in [0.15, 0.2) is 0 Å². The van der Waals surface area contributed by atoms with E-state index >= 15 is 0 Å². The number of ether oxygens (including phenoxy) is 2. The van der Waals surface area contributed by atoms with Gasteiger partial charge < -0.3 is 40.0 Å². The molecule has 1 saturated heterocycles. The molecule has 0 radical (unpaired) electrons. The van der Waals surface area contributed by atoms with Crippen LogP contribution in [0.4, 0.5) is 0 Å². The van der Waals surface area contributed by atoms with Crippen molar-refractivity contribution in [2.24, 2.45) is 0 Å². The SMILES string of the molecule is O=C(O[C@@H]1O[C@H](CO)[C@H](O)[C@H](O)[C@@H]1O)c1c[nH]c2cc(O)ccc12. The van der Waals surface area contributed by atoms with Gasteiger partial charge in [0, 0.05) is 23.2 Å². The molecule has 24 heavy (non-hydrogen) atoms. The van der Waals surface area contributed by atoms with Gasteiger partial charge in [-0.2, -0.15) is 0 Å². The molecule has 1 aliphatic rings. The third-order valence-electron chi connectivity index (χ3n) is 3.96. The lowest BCUT2D eigenvalue weighted by atomic mass is 9.99. The highest BCUT2D eigenvalue weighted by molar-refractivity contribution is 6.04. The summed E-state index contributed by atoms with van der Waals surface area (Å²) in [6, 6.07) is 4.35. The molecule has 1 aromatic heterocycles. The minimum atomic E-state index is -1.67. The average Bonchev–Trinajstić information content (AvgIpc) is 2.98. The maximum atomic E-state index is 12.3. The number of H-pyrrole nitrogens is 1. The van der Waals surface area contributed by atoms with Crippen LogP contribution in [-0.2, 0) is 9.47 Å². The predicted molar refractivity (Wildman–Crippen MR) is 79.1 cm³/mol. The molecule has 6 N–H and O–H groups in total. The van der Waals surface area contributed by atoms with E-state index in [9.17, 15) is 25.2 Å². The standard InChI is InChI=1S/C15H17NO8/c17-5-10-11(19)12(20)13(21)15(23-10)24-14(22)8-4-16-9-3-6(18)1-2-7(8)9/h1-4,10-13,15-21H,5H2/t10-,11+,12+,13+,15+/m1/s1. The fraction of sp³-hybridized carbons (Fsp3) is 0.400. The topological polar surface area (TPSA) is 152 Å². The van der Waals surface area contributed by atoms with Crippen molar-refractivity contribution in [1.29, 1.82) is 0 Å². The van der Waals surface area contributed by atoms with Gasteiger partial charge in [-0.05, 0) is 12.1 Å². The quantitative estimate of drug-likeness (QED) is 0.383. The summed E-state index contributed by atoms with van der Waals surface area (Å²) in [6.07, 6.45) is -6.17. The van der Waals surface area contributed by atoms with E-state index in [0.717, 1.165) is 0 Å². The van der Waals surface area contributed by atoms with Crippen LogP contribution in [0.2, 0.25) is 0 Å². The first kappa shape index (κ1) is 16.7. The summed E-state index contributed by atoms with van der Waals surface area (Å²) < 4.78 is 10.2. The number of carbonyl (C=O) groups is 1. The number of carbonyl (C=O) groups excluding carboxylic acids is 1. The summed E-state index contributed by atoms with van der Waals surface area (Å²) in [4.78, 5) is 15.1. The number of fused-ring (bicyclic) bond motifs is 1. The van der Waals surface area contributed by atoms with Crippen LogP contribution in [0.5, 0.6) is 5.75 Å². The molecule has 1 aromatic carbocycles. The predicted octanol–water partition coefficient (Wildman–Crippen LogP) is -1.17. The van der Waals surface area contributed by atoms with Crippen LogP contribution < -0.4 is 0 Å². The lowest BCUT2D eigenvalue weighted by Crippen LogP contribution is -2.59. The van der Waals surface area contributed by atoms with Crippen molar-refractivity contribution in [1.82, 2.24) is 4.98 Å². The molecule has 0 aliphatic carbocycles. The average molecular weight is 339 g/mol. The number of aromatic hydroxyl groups is 1. The minimum Gasteiger partial charge on any atom is -0.508 e. The number of phenols is 1. The maximum absolute atomic E-state index is 12.3. The second kappa shape index (κ2) is 6.38. The number of benzene rings is 1. The van der Waals surface area contributed by atoms with Gasteiger partial charge in [-0.25, -0.2) is 4.79 Å². The highest BCUT2D eigenvalue weighted by Crippen LogP contribution is 2.26. The number of hydrogen-bond acceptors (Lipinski definition) is 8. The number of nitrogens with one attached hydrogen (secondary N) is 1. The first-order valence-electron chi connectivity index (χ1n) is 7.24. The van der Waals surface area contributed by atoms with Gasteiger partial charge in [-0.1, -0.05) is 0 Å². The smallest absolute Gasteiger partial charge is 0.342 e. The summed E-state index contributed by atoms with van der Waals surface area (Å²) in [5.74, 6) is -0.811. The highest BCUT2D eigenvalue weighted by atomic mass is 16.7. The molecule has 130 valence electrons. The summed E-state index contributed by atoms with van der Waals surface area (Å²) in [7, 11) is 0. The molecule has 0 bridgehead atoms. The molecule has 3 rings (SSSR count). The van der Waals surface area contributed by atoms with E-state index in [1.165, 1.54) is 24.4 Å². The van der Waals surface area contributed by atoms with Crippen LogP contribution >= 0.6 is 0 Å². The van der Waals surface area contributed by atoms with Gasteiger partial charge in [0.1, 0.15) is 30.2 Å². The summed E-state index contributed by atoms with van der Waals surface area (Å²) >= 11 is 0. The van der Waals surface area contributed by atoms with Crippen molar-refractivity contribution in [2.45, 2.75) is 30.7 Å². The van der Waals surface area contributed by atoms with Crippen LogP contribution in [0, 0.1) is 0 Å². The third-order valence-corrected chi connectivity index (χ3v) is 3.96. The number of aliphatic hydroxyl groups excluding tert-OH is 4. The van der Waals surface area contributed by atoms with Crippen molar-refractivity contribution >= 4 is 16.9 Å². The lowest BCUT2D eigenvalue weighted by molar-refractivity contribution is -0.285. The summed E-state index contributed by atoms with van der Waals surface area (Å²) in [5.41, 5.74) is 0.651. The first-order chi connectivity index (χ1) is 11.4. The molecule has 0 saturated carbocycles. The molecule has 9 heteroatoms. The van der Waals surface area contributed by atoms with Crippen LogP contribution in [-0.4, -0.2) is 73.8 Å². The zero-order valence-electron chi connectivity index (χ0n) is 12.4. The van der Waals surface area contributed by atoms with Crippen LogP contribution in [0.1, 0.15) is 10.4 Å². The zero-order valence-corrected chi connectivity index (χ0v) is 12.4. The molecule has 0 amide bonds. The number of aliphatic hydroxyl groups is 4. The summed E-state index contributed by atoms with van der Waals surface area (Å²) in [6.45, 7) is -0.620. The normalized spacial score (nSPS) is 30.4. The van der Waals surface area contributed by atoms with Crippen molar-refractivity contribution < 1.29 is 39.8 Å². The van der Waals surface area contributed by atoms with E-state index in [4.69, 9.17) is 14.6 Å². The fourth-order valence-electron chi connectivity index (χ4n) is 2.62. The van der Waals surface area contributed by atoms with Crippen LogP contribution in [0.25, 0.3) is 10.9 Å². The Balaban J connectivity index is 1.80. The largest absolute Gasteiger partial charge is 0.508 e. The Morgan fingerprint density at radius 3 is 2.67 bits per heavy atom. The Hall–Kier alpha value is -2.17. The second-order valence-electron chi connectivity index (χ2n) is 5.53. The summed E-state index contributed by atoms with van der Waals surface area (Å²) in [5, 5.41) is 48.3. The van der Waals surface area contributed by atoms with E-state index in [0.29, 0.717) is 10.9 Å². The number of aromatic amines is 1. The van der Waals surface area contributed by atoms with Crippen LogP contribution in [0.3, 0.4) is 0 Å². The van der Waals surface area contributed by atoms with E-state index in [1.54, 1.807) is 0 Å². The molecular formula is C15H17NO8. The van der Waals surface area contributed by atoms with Crippen molar-refractivity contribution in [3.05, 3.63) is 30.0 Å². The Bertz CT molecular complexity index is 742. The highest BCUT2D eigenvalue weighted by Gasteiger charge is 2.45. The van der Waals surface area contributed by atoms with Gasteiger partial charge in [0.25, 0.3) is 0 Å². The second-order valence-corrected chi connectivity index (χ2v) is 5.53. The molecule has 2 aromatic rings. The van der Waals surface area contributed by atoms with Gasteiger partial charge in [-0.3, -0.25) is 0 Å². The Labute approximate surface area is 135 Å². The monoisotopic (exact) mass is 339 g/mol. The van der Waals surface area contributed by atoms with E-state index < -0.39 is 43.3 Å². The lowest BCUT2D eigenvalue weighted by Gasteiger charge is -2.39. The molecular weight excluding hydrogens is 322 g/mol. The Kier molecular flexibility index (Phi) is 4.43. The van der Waals surface area contributed by atoms with Gasteiger partial charge in [0.2, 0.25) is 6.29 Å². The molecule has 0 spiro atoms. The number of rotatable bonds is 3. The molecule has 9 nitrogen and oxygen atoms in total. The van der Waals surface area contributed by atoms with Gasteiger partial charge >= 0.3 is 5.97 Å². The fourth-order valence-corrected chi connectivity index (χ4v) is 2.62. The molecule has 2 heterocycles. The molecule has 1 aliphatic heterocycles. The Morgan fingerprint density at radius 2 is 1.96 bits per heavy atom. The van der Waals surface area contributed by atoms with Crippen molar-refractivity contribution in [3.8, 4) is 5.75 Å². The number of aromatic nitrogens is 1. The minimum absolute atomic E-state index is 0.0261. The number of esters is 1. The maximum Gasteiger partial charge on any atom is 0.342 e. The van der Waals surface area contributed by atoms with E-state index in [1.807, 2.05) is 0 Å². The first-order valence-corrected chi connectivity index (χ1v) is 7.24. The van der Waals surface area contributed by atoms with E-state index in [-0.39, 0.29) is 11.3 Å². The number of phenolic OH excluding ortho intramolecular Hbond substituents is 1. The third kappa shape index (κ3) is 2.83. The van der Waals surface area contributed by atoms with Crippen molar-refractivity contribution in [3.63, 3.8) is 0 Å².